The zero-order valence-electron chi connectivity index (χ0n) is 16.9. The standard InChI is InChI=1S/C21H31N3O4/c1-27-15-19(25)23-10-12-24(13-11-23)20(16-6-3-4-7-16)21(26)22-17-8-5-9-18(14-17)28-2/h5,8-9,14,16,20H,3-4,6-7,10-13,15H2,1-2H3,(H,22,26)/t20-/m0/s1. The molecular weight excluding hydrogens is 358 g/mol. The van der Waals surface area contributed by atoms with E-state index in [1.165, 1.54) is 20.0 Å². The van der Waals surface area contributed by atoms with Crippen molar-refractivity contribution < 1.29 is 19.1 Å². The Kier molecular flexibility index (Phi) is 7.28. The number of nitrogens with zero attached hydrogens (tertiary/aromatic N) is 2. The molecule has 28 heavy (non-hydrogen) atoms. The highest BCUT2D eigenvalue weighted by atomic mass is 16.5. The maximum absolute atomic E-state index is 13.2. The smallest absolute Gasteiger partial charge is 0.248 e. The van der Waals surface area contributed by atoms with Gasteiger partial charge in [0.1, 0.15) is 12.4 Å². The second kappa shape index (κ2) is 9.89. The van der Waals surface area contributed by atoms with Gasteiger partial charge in [0.2, 0.25) is 11.8 Å². The molecule has 1 N–H and O–H groups in total. The summed E-state index contributed by atoms with van der Waals surface area (Å²) in [5, 5.41) is 3.08. The highest BCUT2D eigenvalue weighted by Gasteiger charge is 2.37. The van der Waals surface area contributed by atoms with E-state index in [2.05, 4.69) is 10.2 Å². The second-order valence-electron chi connectivity index (χ2n) is 7.56. The summed E-state index contributed by atoms with van der Waals surface area (Å²) in [6.45, 7) is 2.81. The molecule has 0 aromatic heterocycles. The zero-order chi connectivity index (χ0) is 19.9. The summed E-state index contributed by atoms with van der Waals surface area (Å²) in [7, 11) is 3.15. The van der Waals surface area contributed by atoms with Crippen LogP contribution in [0.2, 0.25) is 0 Å². The normalized spacial score (nSPS) is 19.4. The maximum Gasteiger partial charge on any atom is 0.248 e. The third-order valence-electron chi connectivity index (χ3n) is 5.78. The molecule has 1 aliphatic carbocycles. The second-order valence-corrected chi connectivity index (χ2v) is 7.56. The van der Waals surface area contributed by atoms with Gasteiger partial charge in [-0.1, -0.05) is 18.9 Å². The minimum absolute atomic E-state index is 0.0143. The lowest BCUT2D eigenvalue weighted by atomic mass is 9.95. The number of rotatable bonds is 7. The van der Waals surface area contributed by atoms with Crippen molar-refractivity contribution >= 4 is 17.5 Å². The van der Waals surface area contributed by atoms with E-state index < -0.39 is 0 Å². The van der Waals surface area contributed by atoms with Gasteiger partial charge >= 0.3 is 0 Å². The SMILES string of the molecule is COCC(=O)N1CCN([C@H](C(=O)Nc2cccc(OC)c2)C2CCCC2)CC1. The van der Waals surface area contributed by atoms with Crippen LogP contribution < -0.4 is 10.1 Å². The Morgan fingerprint density at radius 3 is 2.50 bits per heavy atom. The van der Waals surface area contributed by atoms with Crippen molar-refractivity contribution in [3.63, 3.8) is 0 Å². The van der Waals surface area contributed by atoms with Crippen molar-refractivity contribution in [2.24, 2.45) is 5.92 Å². The van der Waals surface area contributed by atoms with E-state index in [1.54, 1.807) is 7.11 Å². The van der Waals surface area contributed by atoms with E-state index in [0.29, 0.717) is 32.1 Å². The van der Waals surface area contributed by atoms with Gasteiger partial charge in [-0.25, -0.2) is 0 Å². The highest BCUT2D eigenvalue weighted by molar-refractivity contribution is 5.95. The predicted molar refractivity (Wildman–Crippen MR) is 107 cm³/mol. The van der Waals surface area contributed by atoms with Crippen LogP contribution in [0.1, 0.15) is 25.7 Å². The number of methoxy groups -OCH3 is 2. The van der Waals surface area contributed by atoms with E-state index in [-0.39, 0.29) is 24.5 Å². The molecule has 1 heterocycles. The fourth-order valence-corrected chi connectivity index (χ4v) is 4.33. The third kappa shape index (κ3) is 5.02. The molecule has 2 fully saturated rings. The average Bonchev–Trinajstić information content (AvgIpc) is 3.23. The number of hydrogen-bond acceptors (Lipinski definition) is 5. The molecule has 3 rings (SSSR count). The molecule has 0 unspecified atom stereocenters. The minimum Gasteiger partial charge on any atom is -0.497 e. The fourth-order valence-electron chi connectivity index (χ4n) is 4.33. The van der Waals surface area contributed by atoms with Crippen molar-refractivity contribution in [2.45, 2.75) is 31.7 Å². The Bertz CT molecular complexity index is 667. The first-order valence-corrected chi connectivity index (χ1v) is 10.1. The van der Waals surface area contributed by atoms with Crippen LogP contribution in [0.3, 0.4) is 0 Å². The van der Waals surface area contributed by atoms with Crippen LogP contribution in [0, 0.1) is 5.92 Å². The van der Waals surface area contributed by atoms with E-state index in [9.17, 15) is 9.59 Å². The third-order valence-corrected chi connectivity index (χ3v) is 5.78. The van der Waals surface area contributed by atoms with Crippen molar-refractivity contribution in [2.75, 3.05) is 52.3 Å². The number of carbonyl (C=O) groups is 2. The number of nitrogens with one attached hydrogen (secondary N) is 1. The summed E-state index contributed by atoms with van der Waals surface area (Å²) >= 11 is 0. The first-order chi connectivity index (χ1) is 13.6. The lowest BCUT2D eigenvalue weighted by Gasteiger charge is -2.40. The number of amides is 2. The Morgan fingerprint density at radius 2 is 1.86 bits per heavy atom. The van der Waals surface area contributed by atoms with Gasteiger partial charge in [0.15, 0.2) is 0 Å². The lowest BCUT2D eigenvalue weighted by molar-refractivity contribution is -0.138. The zero-order valence-corrected chi connectivity index (χ0v) is 16.9. The van der Waals surface area contributed by atoms with Gasteiger partial charge in [0.05, 0.1) is 13.2 Å². The molecule has 1 aromatic carbocycles. The molecule has 2 aliphatic rings. The average molecular weight is 389 g/mol. The molecule has 1 saturated carbocycles. The molecule has 1 atom stereocenters. The molecular formula is C21H31N3O4. The summed E-state index contributed by atoms with van der Waals surface area (Å²) < 4.78 is 10.2. The van der Waals surface area contributed by atoms with Crippen LogP contribution >= 0.6 is 0 Å². The summed E-state index contributed by atoms with van der Waals surface area (Å²) in [5.74, 6) is 1.14. The number of benzene rings is 1. The topological polar surface area (TPSA) is 71.1 Å². The quantitative estimate of drug-likeness (QED) is 0.772. The Balaban J connectivity index is 1.67. The summed E-state index contributed by atoms with van der Waals surface area (Å²) in [4.78, 5) is 29.4. The largest absolute Gasteiger partial charge is 0.497 e. The molecule has 1 saturated heterocycles. The predicted octanol–water partition coefficient (Wildman–Crippen LogP) is 1.98. The van der Waals surface area contributed by atoms with Gasteiger partial charge < -0.3 is 19.7 Å². The molecule has 1 aromatic rings. The number of piperazine rings is 1. The van der Waals surface area contributed by atoms with E-state index in [0.717, 1.165) is 24.3 Å². The van der Waals surface area contributed by atoms with E-state index >= 15 is 0 Å². The van der Waals surface area contributed by atoms with Crippen LogP contribution in [0.25, 0.3) is 0 Å². The highest BCUT2D eigenvalue weighted by Crippen LogP contribution is 2.32. The molecule has 154 valence electrons. The molecule has 0 radical (unpaired) electrons. The lowest BCUT2D eigenvalue weighted by Crippen LogP contribution is -2.57. The summed E-state index contributed by atoms with van der Waals surface area (Å²) in [6.07, 6.45) is 4.53. The monoisotopic (exact) mass is 389 g/mol. The van der Waals surface area contributed by atoms with Crippen molar-refractivity contribution in [1.82, 2.24) is 9.80 Å². The first kappa shape index (κ1) is 20.6. The van der Waals surface area contributed by atoms with Crippen molar-refractivity contribution in [3.8, 4) is 5.75 Å². The number of hydrogen-bond donors (Lipinski definition) is 1. The van der Waals surface area contributed by atoms with Crippen LogP contribution in [0.4, 0.5) is 5.69 Å². The van der Waals surface area contributed by atoms with Gasteiger partial charge in [-0.05, 0) is 30.9 Å². The van der Waals surface area contributed by atoms with Crippen LogP contribution in [-0.2, 0) is 14.3 Å². The molecule has 2 amide bonds. The molecule has 7 heteroatoms. The number of carbonyl (C=O) groups excluding carboxylic acids is 2. The number of ether oxygens (including phenoxy) is 2. The van der Waals surface area contributed by atoms with Crippen LogP contribution in [0.15, 0.2) is 24.3 Å². The van der Waals surface area contributed by atoms with Gasteiger partial charge in [-0.15, -0.1) is 0 Å². The van der Waals surface area contributed by atoms with Gasteiger partial charge in [-0.2, -0.15) is 0 Å². The summed E-state index contributed by atoms with van der Waals surface area (Å²) in [6, 6.07) is 7.30. The van der Waals surface area contributed by atoms with Crippen LogP contribution in [-0.4, -0.2) is 74.7 Å². The van der Waals surface area contributed by atoms with Crippen LogP contribution in [0.5, 0.6) is 5.75 Å². The van der Waals surface area contributed by atoms with Gasteiger partial charge in [0.25, 0.3) is 0 Å². The first-order valence-electron chi connectivity index (χ1n) is 10.1. The van der Waals surface area contributed by atoms with Crippen molar-refractivity contribution in [3.05, 3.63) is 24.3 Å². The molecule has 7 nitrogen and oxygen atoms in total. The molecule has 0 bridgehead atoms. The fraction of sp³-hybridized carbons (Fsp3) is 0.619. The van der Waals surface area contributed by atoms with E-state index in [4.69, 9.17) is 9.47 Å². The molecule has 1 aliphatic heterocycles. The van der Waals surface area contributed by atoms with Gasteiger partial charge in [0, 0.05) is 45.0 Å². The Labute approximate surface area is 167 Å². The molecule has 0 spiro atoms. The Hall–Kier alpha value is -2.12. The minimum atomic E-state index is -0.159. The number of anilines is 1. The van der Waals surface area contributed by atoms with E-state index in [1.807, 2.05) is 29.2 Å². The maximum atomic E-state index is 13.2. The van der Waals surface area contributed by atoms with Gasteiger partial charge in [-0.3, -0.25) is 14.5 Å². The van der Waals surface area contributed by atoms with Crippen molar-refractivity contribution in [1.29, 1.82) is 0 Å². The summed E-state index contributed by atoms with van der Waals surface area (Å²) in [5.41, 5.74) is 0.751. The Morgan fingerprint density at radius 1 is 1.14 bits per heavy atom.